The minimum Gasteiger partial charge on any atom is -0.310 e. The van der Waals surface area contributed by atoms with Crippen molar-refractivity contribution in [3.05, 3.63) is 34.1 Å². The van der Waals surface area contributed by atoms with Crippen LogP contribution in [0.15, 0.2) is 12.1 Å². The Bertz CT molecular complexity index is 429. The van der Waals surface area contributed by atoms with Crippen LogP contribution in [0.1, 0.15) is 56.2 Å². The molecule has 1 N–H and O–H groups in total. The van der Waals surface area contributed by atoms with Gasteiger partial charge in [-0.2, -0.15) is 0 Å². The van der Waals surface area contributed by atoms with Crippen LogP contribution < -0.4 is 5.32 Å². The predicted molar refractivity (Wildman–Crippen MR) is 79.1 cm³/mol. The summed E-state index contributed by atoms with van der Waals surface area (Å²) >= 11 is 6.24. The first-order valence-electron chi connectivity index (χ1n) is 7.30. The van der Waals surface area contributed by atoms with E-state index in [4.69, 9.17) is 11.6 Å². The third-order valence-electron chi connectivity index (χ3n) is 4.09. The van der Waals surface area contributed by atoms with E-state index < -0.39 is 0 Å². The maximum atomic E-state index is 13.5. The van der Waals surface area contributed by atoms with Gasteiger partial charge in [0.25, 0.3) is 0 Å². The molecule has 2 rings (SSSR count). The molecule has 1 saturated carbocycles. The van der Waals surface area contributed by atoms with Gasteiger partial charge < -0.3 is 5.32 Å². The molecular formula is C16H23ClFN. The molecule has 1 atom stereocenters. The average Bonchev–Trinajstić information content (AvgIpc) is 2.32. The summed E-state index contributed by atoms with van der Waals surface area (Å²) in [6, 6.07) is 3.62. The van der Waals surface area contributed by atoms with Gasteiger partial charge in [0.2, 0.25) is 0 Å². The number of aryl methyl sites for hydroxylation is 1. The molecule has 0 aromatic heterocycles. The Labute approximate surface area is 120 Å². The molecule has 0 bridgehead atoms. The van der Waals surface area contributed by atoms with Gasteiger partial charge in [-0.3, -0.25) is 0 Å². The molecule has 0 amide bonds. The monoisotopic (exact) mass is 283 g/mol. The van der Waals surface area contributed by atoms with Crippen LogP contribution in [-0.2, 0) is 0 Å². The summed E-state index contributed by atoms with van der Waals surface area (Å²) in [7, 11) is 0. The first-order chi connectivity index (χ1) is 9.11. The lowest BCUT2D eigenvalue weighted by molar-refractivity contribution is 0.261. The van der Waals surface area contributed by atoms with E-state index in [2.05, 4.69) is 12.2 Å². The van der Waals surface area contributed by atoms with E-state index in [9.17, 15) is 4.39 Å². The molecule has 1 aromatic carbocycles. The maximum Gasteiger partial charge on any atom is 0.127 e. The Hall–Kier alpha value is -0.600. The molecular weight excluding hydrogens is 261 g/mol. The number of nitrogens with one attached hydrogen (secondary N) is 1. The largest absolute Gasteiger partial charge is 0.310 e. The van der Waals surface area contributed by atoms with Gasteiger partial charge in [-0.1, -0.05) is 43.9 Å². The van der Waals surface area contributed by atoms with E-state index in [-0.39, 0.29) is 11.9 Å². The van der Waals surface area contributed by atoms with Crippen molar-refractivity contribution in [2.24, 2.45) is 5.92 Å². The van der Waals surface area contributed by atoms with Crippen LogP contribution in [0.2, 0.25) is 5.02 Å². The summed E-state index contributed by atoms with van der Waals surface area (Å²) < 4.78 is 13.5. The Morgan fingerprint density at radius 3 is 2.74 bits per heavy atom. The van der Waals surface area contributed by atoms with Crippen molar-refractivity contribution in [1.29, 1.82) is 0 Å². The SMILES string of the molecule is CCCNC(CC1CCC1)c1cc(C)c(F)cc1Cl. The van der Waals surface area contributed by atoms with Crippen LogP contribution in [0.25, 0.3) is 0 Å². The summed E-state index contributed by atoms with van der Waals surface area (Å²) in [6.45, 7) is 4.93. The van der Waals surface area contributed by atoms with E-state index in [1.165, 1.54) is 25.3 Å². The highest BCUT2D eigenvalue weighted by atomic mass is 35.5. The van der Waals surface area contributed by atoms with Gasteiger partial charge in [0.15, 0.2) is 0 Å². The lowest BCUT2D eigenvalue weighted by Crippen LogP contribution is -2.27. The smallest absolute Gasteiger partial charge is 0.127 e. The van der Waals surface area contributed by atoms with Crippen LogP contribution in [0.4, 0.5) is 4.39 Å². The minimum absolute atomic E-state index is 0.216. The molecule has 3 heteroatoms. The van der Waals surface area contributed by atoms with Crippen molar-refractivity contribution in [1.82, 2.24) is 5.32 Å². The molecule has 0 radical (unpaired) electrons. The second-order valence-corrected chi connectivity index (χ2v) is 6.07. The summed E-state index contributed by atoms with van der Waals surface area (Å²) in [4.78, 5) is 0. The molecule has 1 aromatic rings. The third-order valence-corrected chi connectivity index (χ3v) is 4.42. The molecule has 0 spiro atoms. The lowest BCUT2D eigenvalue weighted by Gasteiger charge is -2.31. The van der Waals surface area contributed by atoms with Crippen molar-refractivity contribution >= 4 is 11.6 Å². The van der Waals surface area contributed by atoms with E-state index in [0.29, 0.717) is 10.6 Å². The van der Waals surface area contributed by atoms with Gasteiger partial charge in [0, 0.05) is 11.1 Å². The highest BCUT2D eigenvalue weighted by Gasteiger charge is 2.24. The molecule has 106 valence electrons. The minimum atomic E-state index is -0.216. The van der Waals surface area contributed by atoms with Crippen LogP contribution in [0.3, 0.4) is 0 Å². The Kier molecular flexibility index (Phi) is 5.23. The second kappa shape index (κ2) is 6.71. The quantitative estimate of drug-likeness (QED) is 0.773. The van der Waals surface area contributed by atoms with E-state index in [1.807, 2.05) is 6.07 Å². The van der Waals surface area contributed by atoms with Gasteiger partial charge in [-0.15, -0.1) is 0 Å². The van der Waals surface area contributed by atoms with Gasteiger partial charge in [-0.25, -0.2) is 4.39 Å². The Balaban J connectivity index is 2.17. The first-order valence-corrected chi connectivity index (χ1v) is 7.68. The number of hydrogen-bond donors (Lipinski definition) is 1. The normalized spacial score (nSPS) is 17.3. The molecule has 19 heavy (non-hydrogen) atoms. The van der Waals surface area contributed by atoms with Crippen molar-refractivity contribution in [3.8, 4) is 0 Å². The van der Waals surface area contributed by atoms with Crippen LogP contribution in [0, 0.1) is 18.7 Å². The highest BCUT2D eigenvalue weighted by Crippen LogP contribution is 2.37. The van der Waals surface area contributed by atoms with Gasteiger partial charge in [-0.05, 0) is 49.4 Å². The summed E-state index contributed by atoms with van der Waals surface area (Å²) in [5.41, 5.74) is 1.73. The standard InChI is InChI=1S/C16H23ClFN/c1-3-7-19-16(9-12-5-4-6-12)13-8-11(2)15(18)10-14(13)17/h8,10,12,16,19H,3-7,9H2,1-2H3. The first kappa shape index (κ1) is 14.8. The fourth-order valence-corrected chi connectivity index (χ4v) is 2.93. The van der Waals surface area contributed by atoms with E-state index in [0.717, 1.165) is 30.9 Å². The van der Waals surface area contributed by atoms with E-state index in [1.54, 1.807) is 6.92 Å². The summed E-state index contributed by atoms with van der Waals surface area (Å²) in [6.07, 6.45) is 6.20. The fourth-order valence-electron chi connectivity index (χ4n) is 2.65. The molecule has 0 saturated heterocycles. The zero-order valence-corrected chi connectivity index (χ0v) is 12.6. The second-order valence-electron chi connectivity index (χ2n) is 5.66. The van der Waals surface area contributed by atoms with E-state index >= 15 is 0 Å². The Morgan fingerprint density at radius 2 is 2.16 bits per heavy atom. The predicted octanol–water partition coefficient (Wildman–Crippen LogP) is 5.02. The van der Waals surface area contributed by atoms with Crippen LogP contribution >= 0.6 is 11.6 Å². The van der Waals surface area contributed by atoms with Gasteiger partial charge in [0.1, 0.15) is 5.82 Å². The summed E-state index contributed by atoms with van der Waals surface area (Å²) in [5, 5.41) is 4.12. The number of halogens is 2. The molecule has 1 unspecified atom stereocenters. The Morgan fingerprint density at radius 1 is 1.42 bits per heavy atom. The molecule has 1 fully saturated rings. The third kappa shape index (κ3) is 3.70. The lowest BCUT2D eigenvalue weighted by atomic mass is 9.79. The summed E-state index contributed by atoms with van der Waals surface area (Å²) in [5.74, 6) is 0.586. The van der Waals surface area contributed by atoms with Crippen LogP contribution in [-0.4, -0.2) is 6.54 Å². The van der Waals surface area contributed by atoms with Gasteiger partial charge >= 0.3 is 0 Å². The fraction of sp³-hybridized carbons (Fsp3) is 0.625. The topological polar surface area (TPSA) is 12.0 Å². The average molecular weight is 284 g/mol. The van der Waals surface area contributed by atoms with Crippen molar-refractivity contribution in [2.75, 3.05) is 6.54 Å². The molecule has 0 heterocycles. The number of rotatable bonds is 6. The maximum absolute atomic E-state index is 13.5. The van der Waals surface area contributed by atoms with Gasteiger partial charge in [0.05, 0.1) is 0 Å². The van der Waals surface area contributed by atoms with Crippen LogP contribution in [0.5, 0.6) is 0 Å². The molecule has 0 aliphatic heterocycles. The van der Waals surface area contributed by atoms with Crippen molar-refractivity contribution in [3.63, 3.8) is 0 Å². The van der Waals surface area contributed by atoms with Crippen molar-refractivity contribution in [2.45, 2.75) is 52.0 Å². The molecule has 1 aliphatic rings. The molecule has 1 nitrogen and oxygen atoms in total. The highest BCUT2D eigenvalue weighted by molar-refractivity contribution is 6.31. The molecule has 1 aliphatic carbocycles. The number of benzene rings is 1. The van der Waals surface area contributed by atoms with Crippen molar-refractivity contribution < 1.29 is 4.39 Å². The zero-order chi connectivity index (χ0) is 13.8. The zero-order valence-electron chi connectivity index (χ0n) is 11.8. The number of hydrogen-bond acceptors (Lipinski definition) is 1.